The molecule has 1 heterocycles. The van der Waals surface area contributed by atoms with E-state index in [1.54, 1.807) is 6.92 Å². The van der Waals surface area contributed by atoms with Gasteiger partial charge < -0.3 is 10.3 Å². The van der Waals surface area contributed by atoms with Crippen LogP contribution in [0.4, 0.5) is 0 Å². The molecule has 0 aliphatic rings. The highest BCUT2D eigenvalue weighted by molar-refractivity contribution is 5.93. The number of hydrogen-bond donors (Lipinski definition) is 2. The fourth-order valence-electron chi connectivity index (χ4n) is 1.02. The highest BCUT2D eigenvalue weighted by Crippen LogP contribution is 1.92. The second-order valence-corrected chi connectivity index (χ2v) is 2.87. The summed E-state index contributed by atoms with van der Waals surface area (Å²) in [6.07, 6.45) is 2.02. The van der Waals surface area contributed by atoms with Gasteiger partial charge in [0.25, 0.3) is 5.91 Å². The molecule has 1 aromatic heterocycles. The van der Waals surface area contributed by atoms with Gasteiger partial charge in [0, 0.05) is 25.2 Å². The van der Waals surface area contributed by atoms with E-state index in [1.165, 1.54) is 18.3 Å². The number of amides is 1. The molecule has 0 aromatic carbocycles. The van der Waals surface area contributed by atoms with Gasteiger partial charge in [-0.1, -0.05) is 0 Å². The molecule has 4 nitrogen and oxygen atoms in total. The summed E-state index contributed by atoms with van der Waals surface area (Å²) in [5, 5.41) is 2.69. The van der Waals surface area contributed by atoms with E-state index in [0.29, 0.717) is 18.5 Å². The largest absolute Gasteiger partial charge is 0.351 e. The lowest BCUT2D eigenvalue weighted by Gasteiger charge is -2.01. The minimum absolute atomic E-state index is 0.204. The SMILES string of the molecule is CC#CCCNC(=O)c1ccc(=O)[nH]c1. The number of nitrogens with one attached hydrogen (secondary N) is 2. The van der Waals surface area contributed by atoms with Crippen molar-refractivity contribution in [2.75, 3.05) is 6.54 Å². The number of pyridine rings is 1. The molecule has 0 fully saturated rings. The van der Waals surface area contributed by atoms with E-state index in [0.717, 1.165) is 0 Å². The lowest BCUT2D eigenvalue weighted by molar-refractivity contribution is 0.0954. The zero-order valence-electron chi connectivity index (χ0n) is 8.46. The van der Waals surface area contributed by atoms with Gasteiger partial charge >= 0.3 is 0 Å². The first kappa shape index (κ1) is 11.1. The molecule has 0 aliphatic carbocycles. The fourth-order valence-corrected chi connectivity index (χ4v) is 1.02. The highest BCUT2D eigenvalue weighted by atomic mass is 16.1. The average molecular weight is 204 g/mol. The summed E-state index contributed by atoms with van der Waals surface area (Å²) in [5.74, 6) is 5.38. The van der Waals surface area contributed by atoms with Crippen molar-refractivity contribution in [1.29, 1.82) is 0 Å². The van der Waals surface area contributed by atoms with Crippen molar-refractivity contribution in [2.24, 2.45) is 0 Å². The number of hydrogen-bond acceptors (Lipinski definition) is 2. The zero-order chi connectivity index (χ0) is 11.1. The molecule has 0 saturated carbocycles. The molecule has 0 radical (unpaired) electrons. The van der Waals surface area contributed by atoms with Gasteiger partial charge in [0.1, 0.15) is 0 Å². The third-order valence-electron chi connectivity index (χ3n) is 1.76. The summed E-state index contributed by atoms with van der Waals surface area (Å²) in [6, 6.07) is 2.81. The molecule has 1 amide bonds. The highest BCUT2D eigenvalue weighted by Gasteiger charge is 2.02. The smallest absolute Gasteiger partial charge is 0.252 e. The molecular formula is C11H12N2O2. The molecule has 0 unspecified atom stereocenters. The van der Waals surface area contributed by atoms with Crippen LogP contribution in [0.1, 0.15) is 23.7 Å². The van der Waals surface area contributed by atoms with Crippen LogP contribution in [0.3, 0.4) is 0 Å². The maximum Gasteiger partial charge on any atom is 0.252 e. The predicted molar refractivity (Wildman–Crippen MR) is 57.5 cm³/mol. The van der Waals surface area contributed by atoms with E-state index in [2.05, 4.69) is 22.1 Å². The summed E-state index contributed by atoms with van der Waals surface area (Å²) >= 11 is 0. The van der Waals surface area contributed by atoms with Gasteiger partial charge in [-0.3, -0.25) is 9.59 Å². The Morgan fingerprint density at radius 3 is 2.93 bits per heavy atom. The van der Waals surface area contributed by atoms with Gasteiger partial charge in [-0.15, -0.1) is 11.8 Å². The van der Waals surface area contributed by atoms with Crippen molar-refractivity contribution in [3.05, 3.63) is 34.2 Å². The molecule has 1 rings (SSSR count). The molecule has 15 heavy (non-hydrogen) atoms. The number of aromatic nitrogens is 1. The van der Waals surface area contributed by atoms with Crippen molar-refractivity contribution in [2.45, 2.75) is 13.3 Å². The normalized spacial score (nSPS) is 8.87. The van der Waals surface area contributed by atoms with Crippen molar-refractivity contribution in [1.82, 2.24) is 10.3 Å². The van der Waals surface area contributed by atoms with E-state index < -0.39 is 0 Å². The summed E-state index contributed by atoms with van der Waals surface area (Å²) in [7, 11) is 0. The van der Waals surface area contributed by atoms with E-state index in [9.17, 15) is 9.59 Å². The van der Waals surface area contributed by atoms with E-state index in [-0.39, 0.29) is 11.5 Å². The van der Waals surface area contributed by atoms with Crippen molar-refractivity contribution in [3.8, 4) is 11.8 Å². The van der Waals surface area contributed by atoms with Crippen LogP contribution >= 0.6 is 0 Å². The Kier molecular flexibility index (Phi) is 4.17. The molecule has 78 valence electrons. The Hall–Kier alpha value is -2.02. The first-order valence-corrected chi connectivity index (χ1v) is 4.60. The van der Waals surface area contributed by atoms with Crippen LogP contribution in [-0.2, 0) is 0 Å². The van der Waals surface area contributed by atoms with Crippen molar-refractivity contribution >= 4 is 5.91 Å². The van der Waals surface area contributed by atoms with Crippen LogP contribution in [0.15, 0.2) is 23.1 Å². The summed E-state index contributed by atoms with van der Waals surface area (Å²) in [6.45, 7) is 2.27. The first-order chi connectivity index (χ1) is 7.24. The van der Waals surface area contributed by atoms with Gasteiger partial charge in [-0.2, -0.15) is 0 Å². The molecule has 0 aliphatic heterocycles. The minimum atomic E-state index is -0.219. The quantitative estimate of drug-likeness (QED) is 0.557. The van der Waals surface area contributed by atoms with Crippen molar-refractivity contribution in [3.63, 3.8) is 0 Å². The van der Waals surface area contributed by atoms with Crippen LogP contribution < -0.4 is 10.9 Å². The topological polar surface area (TPSA) is 62.0 Å². The minimum Gasteiger partial charge on any atom is -0.351 e. The molecule has 0 spiro atoms. The monoisotopic (exact) mass is 204 g/mol. The Morgan fingerprint density at radius 2 is 2.33 bits per heavy atom. The summed E-state index contributed by atoms with van der Waals surface area (Å²) in [4.78, 5) is 24.6. The third kappa shape index (κ3) is 3.69. The van der Waals surface area contributed by atoms with Gasteiger partial charge in [0.2, 0.25) is 5.56 Å². The predicted octanol–water partition coefficient (Wildman–Crippen LogP) is 0.518. The second-order valence-electron chi connectivity index (χ2n) is 2.87. The third-order valence-corrected chi connectivity index (χ3v) is 1.76. The number of rotatable bonds is 3. The fraction of sp³-hybridized carbons (Fsp3) is 0.273. The van der Waals surface area contributed by atoms with Gasteiger partial charge in [-0.25, -0.2) is 0 Å². The van der Waals surface area contributed by atoms with Crippen LogP contribution in [0.5, 0.6) is 0 Å². The van der Waals surface area contributed by atoms with Gasteiger partial charge in [0.15, 0.2) is 0 Å². The van der Waals surface area contributed by atoms with Crippen LogP contribution in [0, 0.1) is 11.8 Å². The average Bonchev–Trinajstić information content (AvgIpc) is 2.25. The molecule has 0 atom stereocenters. The van der Waals surface area contributed by atoms with Crippen molar-refractivity contribution < 1.29 is 4.79 Å². The molecule has 4 heteroatoms. The number of carbonyl (C=O) groups is 1. The molecule has 1 aromatic rings. The second kappa shape index (κ2) is 5.66. The van der Waals surface area contributed by atoms with Crippen LogP contribution in [0.25, 0.3) is 0 Å². The Morgan fingerprint density at radius 1 is 1.53 bits per heavy atom. The van der Waals surface area contributed by atoms with E-state index in [1.807, 2.05) is 0 Å². The van der Waals surface area contributed by atoms with E-state index in [4.69, 9.17) is 0 Å². The number of H-pyrrole nitrogens is 1. The van der Waals surface area contributed by atoms with Crippen LogP contribution in [0.2, 0.25) is 0 Å². The van der Waals surface area contributed by atoms with E-state index >= 15 is 0 Å². The number of aromatic amines is 1. The maximum absolute atomic E-state index is 11.4. The molecule has 0 saturated heterocycles. The standard InChI is InChI=1S/C11H12N2O2/c1-2-3-4-7-12-11(15)9-5-6-10(14)13-8-9/h5-6,8H,4,7H2,1H3,(H,12,15)(H,13,14). The van der Waals surface area contributed by atoms with Gasteiger partial charge in [-0.05, 0) is 13.0 Å². The Labute approximate surface area is 87.7 Å². The van der Waals surface area contributed by atoms with Crippen LogP contribution in [-0.4, -0.2) is 17.4 Å². The Balaban J connectivity index is 2.49. The van der Waals surface area contributed by atoms with Gasteiger partial charge in [0.05, 0.1) is 5.56 Å². The first-order valence-electron chi connectivity index (χ1n) is 4.60. The molecule has 2 N–H and O–H groups in total. The lowest BCUT2D eigenvalue weighted by atomic mass is 10.2. The summed E-state index contributed by atoms with van der Waals surface area (Å²) in [5.41, 5.74) is 0.224. The Bertz CT molecular complexity index is 431. The molecular weight excluding hydrogens is 192 g/mol. The zero-order valence-corrected chi connectivity index (χ0v) is 8.46. The lowest BCUT2D eigenvalue weighted by Crippen LogP contribution is -2.24. The maximum atomic E-state index is 11.4. The molecule has 0 bridgehead atoms. The summed E-state index contributed by atoms with van der Waals surface area (Å²) < 4.78 is 0. The number of carbonyl (C=O) groups excluding carboxylic acids is 1.